The van der Waals surface area contributed by atoms with Crippen LogP contribution in [0.3, 0.4) is 0 Å². The largest absolute Gasteiger partial charge is 0.381 e. The van der Waals surface area contributed by atoms with Crippen molar-refractivity contribution in [3.63, 3.8) is 0 Å². The van der Waals surface area contributed by atoms with Gasteiger partial charge >= 0.3 is 0 Å². The van der Waals surface area contributed by atoms with Gasteiger partial charge in [-0.1, -0.05) is 6.07 Å². The lowest BCUT2D eigenvalue weighted by atomic mass is 9.96. The van der Waals surface area contributed by atoms with Crippen LogP contribution >= 0.6 is 0 Å². The number of rotatable bonds is 4. The van der Waals surface area contributed by atoms with Crippen LogP contribution in [0, 0.1) is 5.92 Å². The van der Waals surface area contributed by atoms with Gasteiger partial charge in [-0.2, -0.15) is 0 Å². The van der Waals surface area contributed by atoms with Crippen LogP contribution in [0.25, 0.3) is 0 Å². The van der Waals surface area contributed by atoms with E-state index in [1.54, 1.807) is 0 Å². The van der Waals surface area contributed by atoms with Gasteiger partial charge in [0.25, 0.3) is 0 Å². The Morgan fingerprint density at radius 3 is 3.12 bits per heavy atom. The van der Waals surface area contributed by atoms with Gasteiger partial charge in [0.2, 0.25) is 0 Å². The second kappa shape index (κ2) is 6.10. The fourth-order valence-electron chi connectivity index (χ4n) is 2.23. The number of hydrogen-bond donors (Lipinski definition) is 1. The van der Waals surface area contributed by atoms with Crippen LogP contribution in [-0.4, -0.2) is 42.7 Å². The van der Waals surface area contributed by atoms with Crippen LogP contribution in [0.4, 0.5) is 0 Å². The molecule has 0 aliphatic carbocycles. The number of hydrogen-bond acceptors (Lipinski definition) is 4. The molecule has 0 radical (unpaired) electrons. The van der Waals surface area contributed by atoms with Gasteiger partial charge in [0, 0.05) is 37.9 Å². The monoisotopic (exact) mass is 235 g/mol. The van der Waals surface area contributed by atoms with E-state index >= 15 is 0 Å². The SMILES string of the molecule is CN(Cc1ccccn1)CC1COCCC1N. The highest BCUT2D eigenvalue weighted by molar-refractivity contribution is 5.03. The van der Waals surface area contributed by atoms with E-state index in [2.05, 4.69) is 16.9 Å². The Labute approximate surface area is 103 Å². The van der Waals surface area contributed by atoms with Crippen LogP contribution in [0.2, 0.25) is 0 Å². The third kappa shape index (κ3) is 3.77. The number of pyridine rings is 1. The molecule has 2 unspecified atom stereocenters. The summed E-state index contributed by atoms with van der Waals surface area (Å²) < 4.78 is 5.48. The first kappa shape index (κ1) is 12.5. The normalized spacial score (nSPS) is 25.1. The Bertz CT molecular complexity index is 331. The van der Waals surface area contributed by atoms with E-state index < -0.39 is 0 Å². The van der Waals surface area contributed by atoms with Crippen LogP contribution in [0.5, 0.6) is 0 Å². The first-order valence-electron chi connectivity index (χ1n) is 6.17. The smallest absolute Gasteiger partial charge is 0.0543 e. The summed E-state index contributed by atoms with van der Waals surface area (Å²) in [7, 11) is 2.11. The van der Waals surface area contributed by atoms with Gasteiger partial charge < -0.3 is 15.4 Å². The Morgan fingerprint density at radius 2 is 2.41 bits per heavy atom. The quantitative estimate of drug-likeness (QED) is 0.841. The van der Waals surface area contributed by atoms with Gasteiger partial charge in [0.15, 0.2) is 0 Å². The summed E-state index contributed by atoms with van der Waals surface area (Å²) in [5.41, 5.74) is 7.20. The summed E-state index contributed by atoms with van der Waals surface area (Å²) in [5.74, 6) is 0.442. The van der Waals surface area contributed by atoms with E-state index in [0.717, 1.165) is 38.4 Å². The van der Waals surface area contributed by atoms with Crippen molar-refractivity contribution < 1.29 is 4.74 Å². The molecule has 1 aliphatic heterocycles. The highest BCUT2D eigenvalue weighted by Gasteiger charge is 2.23. The lowest BCUT2D eigenvalue weighted by Gasteiger charge is -2.31. The maximum atomic E-state index is 6.10. The third-order valence-corrected chi connectivity index (χ3v) is 3.24. The molecule has 0 saturated carbocycles. The average Bonchev–Trinajstić information content (AvgIpc) is 2.33. The number of ether oxygens (including phenoxy) is 1. The molecule has 2 N–H and O–H groups in total. The highest BCUT2D eigenvalue weighted by Crippen LogP contribution is 2.14. The van der Waals surface area contributed by atoms with E-state index in [1.807, 2.05) is 24.4 Å². The fraction of sp³-hybridized carbons (Fsp3) is 0.615. The lowest BCUT2D eigenvalue weighted by molar-refractivity contribution is 0.0284. The van der Waals surface area contributed by atoms with Gasteiger partial charge in [-0.05, 0) is 25.6 Å². The maximum Gasteiger partial charge on any atom is 0.0543 e. The molecule has 1 aromatic heterocycles. The molecule has 2 rings (SSSR count). The summed E-state index contributed by atoms with van der Waals surface area (Å²) in [4.78, 5) is 6.59. The molecule has 4 heteroatoms. The molecule has 94 valence electrons. The molecule has 0 amide bonds. The number of nitrogens with zero attached hydrogens (tertiary/aromatic N) is 2. The van der Waals surface area contributed by atoms with E-state index in [4.69, 9.17) is 10.5 Å². The predicted molar refractivity (Wildman–Crippen MR) is 67.5 cm³/mol. The molecule has 1 fully saturated rings. The zero-order chi connectivity index (χ0) is 12.1. The minimum absolute atomic E-state index is 0.273. The Kier molecular flexibility index (Phi) is 4.48. The Hall–Kier alpha value is -0.970. The molecule has 0 bridgehead atoms. The van der Waals surface area contributed by atoms with E-state index in [0.29, 0.717) is 5.92 Å². The average molecular weight is 235 g/mol. The van der Waals surface area contributed by atoms with Crippen molar-refractivity contribution in [3.05, 3.63) is 30.1 Å². The third-order valence-electron chi connectivity index (χ3n) is 3.24. The Balaban J connectivity index is 1.82. The summed E-state index contributed by atoms with van der Waals surface area (Å²) >= 11 is 0. The molecule has 1 aromatic rings. The van der Waals surface area contributed by atoms with Gasteiger partial charge in [-0.25, -0.2) is 0 Å². The van der Waals surface area contributed by atoms with Gasteiger partial charge in [-0.3, -0.25) is 4.98 Å². The molecule has 2 heterocycles. The second-order valence-electron chi connectivity index (χ2n) is 4.81. The van der Waals surface area contributed by atoms with Crippen molar-refractivity contribution in [1.29, 1.82) is 0 Å². The first-order valence-corrected chi connectivity index (χ1v) is 6.17. The highest BCUT2D eigenvalue weighted by atomic mass is 16.5. The zero-order valence-electron chi connectivity index (χ0n) is 10.4. The van der Waals surface area contributed by atoms with Crippen LogP contribution < -0.4 is 5.73 Å². The van der Waals surface area contributed by atoms with E-state index in [-0.39, 0.29) is 6.04 Å². The van der Waals surface area contributed by atoms with Crippen molar-refractivity contribution in [2.45, 2.75) is 19.0 Å². The van der Waals surface area contributed by atoms with Gasteiger partial charge in [-0.15, -0.1) is 0 Å². The summed E-state index contributed by atoms with van der Waals surface area (Å²) in [6.07, 6.45) is 2.81. The zero-order valence-corrected chi connectivity index (χ0v) is 10.4. The molecule has 0 spiro atoms. The van der Waals surface area contributed by atoms with Crippen LogP contribution in [-0.2, 0) is 11.3 Å². The van der Waals surface area contributed by atoms with Crippen molar-refractivity contribution in [2.75, 3.05) is 26.8 Å². The molecular weight excluding hydrogens is 214 g/mol. The van der Waals surface area contributed by atoms with Crippen molar-refractivity contribution in [1.82, 2.24) is 9.88 Å². The van der Waals surface area contributed by atoms with E-state index in [9.17, 15) is 0 Å². The fourth-order valence-corrected chi connectivity index (χ4v) is 2.23. The van der Waals surface area contributed by atoms with Crippen molar-refractivity contribution >= 4 is 0 Å². The minimum atomic E-state index is 0.273. The van der Waals surface area contributed by atoms with Crippen molar-refractivity contribution in [3.8, 4) is 0 Å². The molecular formula is C13H21N3O. The molecule has 4 nitrogen and oxygen atoms in total. The van der Waals surface area contributed by atoms with Gasteiger partial charge in [0.05, 0.1) is 12.3 Å². The summed E-state index contributed by atoms with van der Waals surface area (Å²) in [6, 6.07) is 6.28. The van der Waals surface area contributed by atoms with Gasteiger partial charge in [0.1, 0.15) is 0 Å². The van der Waals surface area contributed by atoms with E-state index in [1.165, 1.54) is 0 Å². The maximum absolute atomic E-state index is 6.10. The molecule has 17 heavy (non-hydrogen) atoms. The number of aromatic nitrogens is 1. The Morgan fingerprint density at radius 1 is 1.53 bits per heavy atom. The predicted octanol–water partition coefficient (Wildman–Crippen LogP) is 0.877. The van der Waals surface area contributed by atoms with Crippen molar-refractivity contribution in [2.24, 2.45) is 11.7 Å². The molecule has 1 saturated heterocycles. The summed E-state index contributed by atoms with van der Waals surface area (Å²) in [6.45, 7) is 3.43. The van der Waals surface area contributed by atoms with Crippen LogP contribution in [0.1, 0.15) is 12.1 Å². The molecule has 2 atom stereocenters. The topological polar surface area (TPSA) is 51.4 Å². The number of nitrogens with two attached hydrogens (primary N) is 1. The lowest BCUT2D eigenvalue weighted by Crippen LogP contribution is -2.44. The first-order chi connectivity index (χ1) is 8.25. The van der Waals surface area contributed by atoms with Crippen LogP contribution in [0.15, 0.2) is 24.4 Å². The standard InChI is InChI=1S/C13H21N3O/c1-16(9-12-4-2-3-6-15-12)8-11-10-17-7-5-13(11)14/h2-4,6,11,13H,5,7-10,14H2,1H3. The second-order valence-corrected chi connectivity index (χ2v) is 4.81. The minimum Gasteiger partial charge on any atom is -0.381 e. The molecule has 1 aliphatic rings. The summed E-state index contributed by atoms with van der Waals surface area (Å²) in [5, 5.41) is 0. The molecule has 0 aromatic carbocycles.